The van der Waals surface area contributed by atoms with E-state index in [4.69, 9.17) is 10.1 Å². The zero-order chi connectivity index (χ0) is 17.1. The minimum absolute atomic E-state index is 0.449. The Morgan fingerprint density at radius 2 is 1.64 bits per heavy atom. The van der Waals surface area contributed by atoms with Gasteiger partial charge in [0.25, 0.3) is 0 Å². The first-order chi connectivity index (χ1) is 12.3. The average molecular weight is 327 g/mol. The van der Waals surface area contributed by atoms with Crippen molar-refractivity contribution in [3.63, 3.8) is 0 Å². The summed E-state index contributed by atoms with van der Waals surface area (Å²) in [5.41, 5.74) is 2.75. The summed E-state index contributed by atoms with van der Waals surface area (Å²) in [5.74, 6) is 1.26. The molecular formula is C21H17N3O. The van der Waals surface area contributed by atoms with Crippen molar-refractivity contribution >= 4 is 12.4 Å². The molecule has 0 radical (unpaired) electrons. The average Bonchev–Trinajstić information content (AvgIpc) is 3.44. The molecule has 1 aromatic heterocycles. The smallest absolute Gasteiger partial charge is 0.225 e. The molecule has 0 fully saturated rings. The molecule has 0 bridgehead atoms. The van der Waals surface area contributed by atoms with Crippen molar-refractivity contribution < 1.29 is 4.74 Å². The van der Waals surface area contributed by atoms with Crippen LogP contribution in [0.2, 0.25) is 0 Å². The molecule has 4 nitrogen and oxygen atoms in total. The van der Waals surface area contributed by atoms with Crippen LogP contribution in [0.4, 0.5) is 0 Å². The van der Waals surface area contributed by atoms with Gasteiger partial charge in [0.05, 0.1) is 0 Å². The van der Waals surface area contributed by atoms with Crippen LogP contribution in [0.3, 0.4) is 0 Å². The van der Waals surface area contributed by atoms with Crippen LogP contribution in [0.1, 0.15) is 12.0 Å². The first-order valence-electron chi connectivity index (χ1n) is 8.15. The molecule has 1 atom stereocenters. The number of pyridine rings is 1. The topological polar surface area (TPSA) is 58.3 Å². The fraction of sp³-hybridized carbons (Fsp3) is 0.0952. The SMILES string of the molecule is N=CCC1(c2cccnc2Oc2ccc(-c3ccccc3)cc2)C=N1. The van der Waals surface area contributed by atoms with E-state index in [0.29, 0.717) is 12.3 Å². The Morgan fingerprint density at radius 1 is 0.920 bits per heavy atom. The fourth-order valence-corrected chi connectivity index (χ4v) is 2.85. The summed E-state index contributed by atoms with van der Waals surface area (Å²) in [6, 6.07) is 22.0. The maximum absolute atomic E-state index is 7.38. The van der Waals surface area contributed by atoms with E-state index in [1.54, 1.807) is 6.20 Å². The number of aliphatic imine (C=N–C) groups is 1. The zero-order valence-corrected chi connectivity index (χ0v) is 13.6. The largest absolute Gasteiger partial charge is 0.439 e. The van der Waals surface area contributed by atoms with E-state index < -0.39 is 5.54 Å². The van der Waals surface area contributed by atoms with Crippen molar-refractivity contribution in [1.82, 2.24) is 4.98 Å². The van der Waals surface area contributed by atoms with Gasteiger partial charge in [-0.05, 0) is 41.6 Å². The van der Waals surface area contributed by atoms with Crippen LogP contribution in [0.15, 0.2) is 77.9 Å². The molecule has 3 aromatic rings. The van der Waals surface area contributed by atoms with Gasteiger partial charge in [-0.15, -0.1) is 0 Å². The normalized spacial score (nSPS) is 17.9. The van der Waals surface area contributed by atoms with Crippen molar-refractivity contribution in [2.45, 2.75) is 12.0 Å². The van der Waals surface area contributed by atoms with Crippen molar-refractivity contribution in [3.05, 3.63) is 78.5 Å². The molecule has 0 aliphatic carbocycles. The van der Waals surface area contributed by atoms with Crippen LogP contribution in [0.5, 0.6) is 11.6 Å². The summed E-state index contributed by atoms with van der Waals surface area (Å²) in [6.07, 6.45) is 5.46. The minimum Gasteiger partial charge on any atom is -0.439 e. The van der Waals surface area contributed by atoms with Gasteiger partial charge < -0.3 is 10.1 Å². The van der Waals surface area contributed by atoms with Crippen LogP contribution >= 0.6 is 0 Å². The number of benzene rings is 2. The van der Waals surface area contributed by atoms with Crippen LogP contribution in [-0.4, -0.2) is 17.4 Å². The molecule has 4 heteroatoms. The zero-order valence-electron chi connectivity index (χ0n) is 13.6. The Balaban J connectivity index is 1.58. The standard InChI is InChI=1S/C21H17N3O/c22-13-12-21(15-24-21)19-7-4-14-23-20(19)25-18-10-8-17(9-11-18)16-5-2-1-3-6-16/h1-11,13-15,22H,12H2. The van der Waals surface area contributed by atoms with E-state index in [1.165, 1.54) is 11.8 Å². The summed E-state index contributed by atoms with van der Waals surface area (Å²) >= 11 is 0. The molecule has 2 aromatic carbocycles. The van der Waals surface area contributed by atoms with Gasteiger partial charge in [0.2, 0.25) is 5.88 Å². The van der Waals surface area contributed by atoms with Crippen molar-refractivity contribution in [2.75, 3.05) is 0 Å². The number of rotatable bonds is 6. The van der Waals surface area contributed by atoms with Crippen LogP contribution < -0.4 is 4.74 Å². The van der Waals surface area contributed by atoms with Gasteiger partial charge in [-0.25, -0.2) is 4.98 Å². The molecule has 1 aliphatic heterocycles. The lowest BCUT2D eigenvalue weighted by atomic mass is 9.96. The second kappa shape index (κ2) is 6.32. The number of aromatic nitrogens is 1. The van der Waals surface area contributed by atoms with E-state index in [9.17, 15) is 0 Å². The number of hydrogen-bond acceptors (Lipinski definition) is 4. The third-order valence-electron chi connectivity index (χ3n) is 4.27. The Bertz CT molecular complexity index is 911. The third kappa shape index (κ3) is 3.06. The molecule has 1 unspecified atom stereocenters. The lowest BCUT2D eigenvalue weighted by Gasteiger charge is -2.15. The van der Waals surface area contributed by atoms with E-state index in [2.05, 4.69) is 22.1 Å². The van der Waals surface area contributed by atoms with Crippen LogP contribution in [-0.2, 0) is 5.54 Å². The summed E-state index contributed by atoms with van der Waals surface area (Å²) in [4.78, 5) is 8.72. The van der Waals surface area contributed by atoms with E-state index in [-0.39, 0.29) is 0 Å². The summed E-state index contributed by atoms with van der Waals surface area (Å²) in [5, 5.41) is 7.38. The van der Waals surface area contributed by atoms with Gasteiger partial charge in [0, 0.05) is 24.4 Å². The van der Waals surface area contributed by atoms with E-state index in [1.807, 2.05) is 60.8 Å². The predicted molar refractivity (Wildman–Crippen MR) is 99.8 cm³/mol. The van der Waals surface area contributed by atoms with E-state index >= 15 is 0 Å². The quantitative estimate of drug-likeness (QED) is 0.657. The van der Waals surface area contributed by atoms with Gasteiger partial charge >= 0.3 is 0 Å². The number of nitrogens with one attached hydrogen (secondary N) is 1. The maximum atomic E-state index is 7.38. The predicted octanol–water partition coefficient (Wildman–Crippen LogP) is 4.86. The fourth-order valence-electron chi connectivity index (χ4n) is 2.85. The van der Waals surface area contributed by atoms with Crippen molar-refractivity contribution in [2.24, 2.45) is 4.99 Å². The van der Waals surface area contributed by atoms with Gasteiger partial charge in [-0.3, -0.25) is 4.99 Å². The Hall–Kier alpha value is -3.27. The van der Waals surface area contributed by atoms with Crippen LogP contribution in [0.25, 0.3) is 11.1 Å². The Labute approximate surface area is 146 Å². The molecule has 122 valence electrons. The molecule has 4 rings (SSSR count). The summed E-state index contributed by atoms with van der Waals surface area (Å²) in [7, 11) is 0. The minimum atomic E-state index is -0.449. The highest BCUT2D eigenvalue weighted by atomic mass is 16.5. The van der Waals surface area contributed by atoms with Gasteiger partial charge in [0.15, 0.2) is 0 Å². The van der Waals surface area contributed by atoms with Crippen molar-refractivity contribution in [3.8, 4) is 22.8 Å². The number of nitrogens with zero attached hydrogens (tertiary/aromatic N) is 2. The highest BCUT2D eigenvalue weighted by Gasteiger charge is 2.40. The Morgan fingerprint density at radius 3 is 2.32 bits per heavy atom. The molecule has 25 heavy (non-hydrogen) atoms. The molecule has 1 N–H and O–H groups in total. The summed E-state index contributed by atoms with van der Waals surface area (Å²) < 4.78 is 6.01. The second-order valence-electron chi connectivity index (χ2n) is 5.94. The first-order valence-corrected chi connectivity index (χ1v) is 8.15. The van der Waals surface area contributed by atoms with Crippen molar-refractivity contribution in [1.29, 1.82) is 5.41 Å². The first kappa shape index (κ1) is 15.3. The maximum Gasteiger partial charge on any atom is 0.225 e. The van der Waals surface area contributed by atoms with Gasteiger partial charge in [-0.1, -0.05) is 42.5 Å². The molecule has 1 aliphatic rings. The third-order valence-corrected chi connectivity index (χ3v) is 4.27. The molecule has 0 saturated heterocycles. The lowest BCUT2D eigenvalue weighted by Crippen LogP contribution is -2.13. The number of ether oxygens (including phenoxy) is 1. The highest BCUT2D eigenvalue weighted by Crippen LogP contribution is 2.41. The highest BCUT2D eigenvalue weighted by molar-refractivity contribution is 5.90. The number of hydrogen-bond donors (Lipinski definition) is 1. The van der Waals surface area contributed by atoms with Gasteiger partial charge in [-0.2, -0.15) is 0 Å². The summed E-state index contributed by atoms with van der Waals surface area (Å²) in [6.45, 7) is 0. The molecular weight excluding hydrogens is 310 g/mol. The lowest BCUT2D eigenvalue weighted by molar-refractivity contribution is 0.450. The van der Waals surface area contributed by atoms with Gasteiger partial charge in [0.1, 0.15) is 11.3 Å². The molecule has 0 amide bonds. The van der Waals surface area contributed by atoms with Crippen LogP contribution in [0, 0.1) is 5.41 Å². The molecule has 2 heterocycles. The molecule has 0 spiro atoms. The second-order valence-corrected chi connectivity index (χ2v) is 5.94. The monoisotopic (exact) mass is 327 g/mol. The van der Waals surface area contributed by atoms with E-state index in [0.717, 1.165) is 16.9 Å². The molecule has 0 saturated carbocycles. The Kier molecular flexibility index (Phi) is 3.86.